The Kier molecular flexibility index (Phi) is 7.97. The van der Waals surface area contributed by atoms with Gasteiger partial charge in [-0.2, -0.15) is 0 Å². The van der Waals surface area contributed by atoms with Gasteiger partial charge in [-0.25, -0.2) is 0 Å². The van der Waals surface area contributed by atoms with Gasteiger partial charge in [-0.05, 0) is 63.6 Å². The van der Waals surface area contributed by atoms with Gasteiger partial charge in [0.2, 0.25) is 6.29 Å². The summed E-state index contributed by atoms with van der Waals surface area (Å²) in [4.78, 5) is 17.5. The number of likely N-dealkylation sites (tertiary alicyclic amines) is 2. The molecule has 0 aromatic rings. The molecule has 0 bridgehead atoms. The molecule has 0 aromatic carbocycles. The second-order valence-electron chi connectivity index (χ2n) is 8.21. The predicted molar refractivity (Wildman–Crippen MR) is 104 cm³/mol. The highest BCUT2D eigenvalue weighted by Crippen LogP contribution is 2.26. The number of aliphatic hydroxyl groups is 1. The average molecular weight is 381 g/mol. The molecule has 2 saturated heterocycles. The van der Waals surface area contributed by atoms with E-state index in [9.17, 15) is 4.79 Å². The van der Waals surface area contributed by atoms with Crippen molar-refractivity contribution in [1.29, 1.82) is 0 Å². The van der Waals surface area contributed by atoms with Gasteiger partial charge in [0.25, 0.3) is 5.91 Å². The van der Waals surface area contributed by atoms with E-state index >= 15 is 0 Å². The van der Waals surface area contributed by atoms with Gasteiger partial charge < -0.3 is 24.4 Å². The van der Waals surface area contributed by atoms with Gasteiger partial charge in [0.1, 0.15) is 0 Å². The van der Waals surface area contributed by atoms with Gasteiger partial charge in [-0.15, -0.1) is 0 Å². The van der Waals surface area contributed by atoms with E-state index in [-0.39, 0.29) is 24.7 Å². The zero-order valence-electron chi connectivity index (χ0n) is 16.8. The van der Waals surface area contributed by atoms with Gasteiger partial charge in [-0.3, -0.25) is 4.79 Å². The Morgan fingerprint density at radius 1 is 1.19 bits per heavy atom. The minimum Gasteiger partial charge on any atom is -0.459 e. The van der Waals surface area contributed by atoms with Crippen LogP contribution in [0.3, 0.4) is 0 Å². The largest absolute Gasteiger partial charge is 0.459 e. The molecular formula is C21H36N2O4. The molecule has 0 aliphatic carbocycles. The van der Waals surface area contributed by atoms with Gasteiger partial charge in [-0.1, -0.05) is 13.3 Å². The number of carbonyl (C=O) groups is 1. The first-order chi connectivity index (χ1) is 13.2. The van der Waals surface area contributed by atoms with E-state index in [1.54, 1.807) is 0 Å². The Morgan fingerprint density at radius 2 is 1.93 bits per heavy atom. The number of unbranched alkanes of at least 4 members (excludes halogenated alkanes) is 1. The van der Waals surface area contributed by atoms with Crippen LogP contribution in [0.4, 0.5) is 0 Å². The van der Waals surface area contributed by atoms with E-state index in [1.165, 1.54) is 32.4 Å². The lowest BCUT2D eigenvalue weighted by molar-refractivity contribution is -0.155. The molecule has 0 saturated carbocycles. The second kappa shape index (κ2) is 10.4. The van der Waals surface area contributed by atoms with Gasteiger partial charge in [0, 0.05) is 32.2 Å². The summed E-state index contributed by atoms with van der Waals surface area (Å²) < 4.78 is 11.6. The normalized spacial score (nSPS) is 27.9. The average Bonchev–Trinajstić information content (AvgIpc) is 2.71. The van der Waals surface area contributed by atoms with Crippen molar-refractivity contribution in [3.05, 3.63) is 11.8 Å². The number of allylic oxidation sites excluding steroid dienone is 1. The molecule has 6 heteroatoms. The van der Waals surface area contributed by atoms with E-state index in [2.05, 4.69) is 11.8 Å². The van der Waals surface area contributed by atoms with Crippen LogP contribution in [-0.4, -0.2) is 72.5 Å². The first-order valence-electron chi connectivity index (χ1n) is 10.8. The Hall–Kier alpha value is -1.11. The van der Waals surface area contributed by atoms with Gasteiger partial charge >= 0.3 is 0 Å². The summed E-state index contributed by atoms with van der Waals surface area (Å²) in [6.07, 6.45) is 10.0. The molecule has 154 valence electrons. The van der Waals surface area contributed by atoms with Crippen LogP contribution in [0.1, 0.15) is 58.3 Å². The van der Waals surface area contributed by atoms with Crippen LogP contribution in [0.25, 0.3) is 0 Å². The lowest BCUT2D eigenvalue weighted by atomic mass is 9.99. The van der Waals surface area contributed by atoms with E-state index in [0.717, 1.165) is 45.2 Å². The highest BCUT2D eigenvalue weighted by atomic mass is 16.7. The number of piperidine rings is 2. The van der Waals surface area contributed by atoms with E-state index < -0.39 is 0 Å². The molecule has 6 nitrogen and oxygen atoms in total. The molecule has 1 N–H and O–H groups in total. The van der Waals surface area contributed by atoms with E-state index in [0.29, 0.717) is 18.4 Å². The highest BCUT2D eigenvalue weighted by Gasteiger charge is 2.32. The fourth-order valence-corrected chi connectivity index (χ4v) is 4.38. The fraction of sp³-hybridized carbons (Fsp3) is 0.857. The quantitative estimate of drug-likeness (QED) is 0.688. The topological polar surface area (TPSA) is 62.2 Å². The molecule has 3 rings (SSSR count). The molecule has 1 amide bonds. The third kappa shape index (κ3) is 5.93. The lowest BCUT2D eigenvalue weighted by Crippen LogP contribution is -2.49. The monoisotopic (exact) mass is 380 g/mol. The Morgan fingerprint density at radius 3 is 2.63 bits per heavy atom. The number of rotatable bonds is 7. The number of nitrogens with zero attached hydrogens (tertiary/aromatic N) is 2. The Balaban J connectivity index is 1.46. The van der Waals surface area contributed by atoms with Crippen LogP contribution in [0, 0.1) is 5.92 Å². The summed E-state index contributed by atoms with van der Waals surface area (Å²) in [5, 5.41) is 8.86. The molecule has 3 aliphatic rings. The molecule has 0 aromatic heterocycles. The van der Waals surface area contributed by atoms with E-state index in [1.807, 2.05) is 11.0 Å². The number of aliphatic hydroxyl groups excluding tert-OH is 1. The van der Waals surface area contributed by atoms with Crippen molar-refractivity contribution in [3.63, 3.8) is 0 Å². The summed E-state index contributed by atoms with van der Waals surface area (Å²) in [5.41, 5.74) is 0. The first kappa shape index (κ1) is 20.6. The van der Waals surface area contributed by atoms with E-state index in [4.69, 9.17) is 14.6 Å². The molecular weight excluding hydrogens is 344 g/mol. The zero-order chi connectivity index (χ0) is 19.1. The number of amides is 1. The third-order valence-corrected chi connectivity index (χ3v) is 5.98. The van der Waals surface area contributed by atoms with Crippen molar-refractivity contribution >= 4 is 5.91 Å². The molecule has 0 spiro atoms. The summed E-state index contributed by atoms with van der Waals surface area (Å²) in [7, 11) is 0. The lowest BCUT2D eigenvalue weighted by Gasteiger charge is -2.40. The Bertz CT molecular complexity index is 496. The summed E-state index contributed by atoms with van der Waals surface area (Å²) >= 11 is 0. The highest BCUT2D eigenvalue weighted by molar-refractivity contribution is 5.91. The third-order valence-electron chi connectivity index (χ3n) is 5.98. The molecule has 0 radical (unpaired) electrons. The van der Waals surface area contributed by atoms with Crippen molar-refractivity contribution in [2.45, 2.75) is 70.6 Å². The first-order valence-corrected chi connectivity index (χ1v) is 10.8. The standard InChI is InChI=1S/C21H36N2O4/c1-17-15-19(27-20(16-17)26-14-6-5-13-24)21(25)23-11-7-18(8-12-23)22-9-3-2-4-10-22/h15,17-18,20,24H,2-14,16H2,1H3/t17-,20+/m0/s1. The minimum absolute atomic E-state index is 0.0163. The maximum Gasteiger partial charge on any atom is 0.288 e. The molecule has 27 heavy (non-hydrogen) atoms. The van der Waals surface area contributed by atoms with Crippen LogP contribution in [0.15, 0.2) is 11.8 Å². The van der Waals surface area contributed by atoms with Crippen LogP contribution in [-0.2, 0) is 14.3 Å². The number of hydrogen-bond donors (Lipinski definition) is 1. The minimum atomic E-state index is -0.353. The smallest absolute Gasteiger partial charge is 0.288 e. The van der Waals surface area contributed by atoms with Crippen LogP contribution < -0.4 is 0 Å². The van der Waals surface area contributed by atoms with Crippen LogP contribution in [0.2, 0.25) is 0 Å². The molecule has 3 heterocycles. The van der Waals surface area contributed by atoms with Crippen molar-refractivity contribution in [2.75, 3.05) is 39.4 Å². The zero-order valence-corrected chi connectivity index (χ0v) is 16.8. The van der Waals surface area contributed by atoms with Crippen molar-refractivity contribution in [1.82, 2.24) is 9.80 Å². The fourth-order valence-electron chi connectivity index (χ4n) is 4.38. The molecule has 3 aliphatic heterocycles. The molecule has 2 atom stereocenters. The molecule has 2 fully saturated rings. The maximum atomic E-state index is 12.9. The summed E-state index contributed by atoms with van der Waals surface area (Å²) in [6.45, 7) is 6.92. The van der Waals surface area contributed by atoms with Gasteiger partial charge in [0.15, 0.2) is 5.76 Å². The van der Waals surface area contributed by atoms with Gasteiger partial charge in [0.05, 0.1) is 6.61 Å². The van der Waals surface area contributed by atoms with Crippen LogP contribution >= 0.6 is 0 Å². The van der Waals surface area contributed by atoms with Crippen LogP contribution in [0.5, 0.6) is 0 Å². The summed E-state index contributed by atoms with van der Waals surface area (Å²) in [5.74, 6) is 0.742. The number of ether oxygens (including phenoxy) is 2. The second-order valence-corrected chi connectivity index (χ2v) is 8.21. The van der Waals surface area contributed by atoms with Crippen molar-refractivity contribution < 1.29 is 19.4 Å². The maximum absolute atomic E-state index is 12.9. The molecule has 0 unspecified atom stereocenters. The van der Waals surface area contributed by atoms with Crippen molar-refractivity contribution in [3.8, 4) is 0 Å². The SMILES string of the molecule is C[C@H]1C=C(C(=O)N2CCC(N3CCCCC3)CC2)O[C@@H](OCCCCO)C1. The number of carbonyl (C=O) groups excluding carboxylic acids is 1. The predicted octanol–water partition coefficient (Wildman–Crippen LogP) is 2.52. The Labute approximate surface area is 163 Å². The van der Waals surface area contributed by atoms with Crippen molar-refractivity contribution in [2.24, 2.45) is 5.92 Å². The number of hydrogen-bond acceptors (Lipinski definition) is 5. The summed E-state index contributed by atoms with van der Waals surface area (Å²) in [6, 6.07) is 0.636.